The van der Waals surface area contributed by atoms with Gasteiger partial charge in [0.25, 0.3) is 0 Å². The molecule has 0 atom stereocenters. The third kappa shape index (κ3) is 6.00. The molecule has 7 nitrogen and oxygen atoms in total. The second kappa shape index (κ2) is 10.8. The van der Waals surface area contributed by atoms with Crippen LogP contribution in [0.3, 0.4) is 0 Å². The van der Waals surface area contributed by atoms with Crippen molar-refractivity contribution in [2.24, 2.45) is 0 Å². The minimum Gasteiger partial charge on any atom is -0.497 e. The Kier molecular flexibility index (Phi) is 7.40. The predicted molar refractivity (Wildman–Crippen MR) is 125 cm³/mol. The van der Waals surface area contributed by atoms with Crippen LogP contribution in [0.5, 0.6) is 5.75 Å². The summed E-state index contributed by atoms with van der Waals surface area (Å²) in [5, 5.41) is 2.88. The van der Waals surface area contributed by atoms with E-state index in [0.717, 1.165) is 24.3 Å². The maximum atomic E-state index is 12.5. The molecule has 0 spiro atoms. The molecule has 33 heavy (non-hydrogen) atoms. The number of aromatic nitrogens is 1. The largest absolute Gasteiger partial charge is 0.497 e. The Morgan fingerprint density at radius 2 is 1.88 bits per heavy atom. The molecule has 0 saturated heterocycles. The van der Waals surface area contributed by atoms with E-state index < -0.39 is 0 Å². The number of aryl methyl sites for hydroxylation is 1. The van der Waals surface area contributed by atoms with E-state index in [-0.39, 0.29) is 11.8 Å². The van der Waals surface area contributed by atoms with E-state index in [2.05, 4.69) is 22.4 Å². The molecule has 1 aliphatic heterocycles. The van der Waals surface area contributed by atoms with Crippen LogP contribution < -0.4 is 10.1 Å². The first-order valence-corrected chi connectivity index (χ1v) is 11.3. The van der Waals surface area contributed by atoms with Crippen LogP contribution in [-0.4, -0.2) is 41.9 Å². The number of methoxy groups -OCH3 is 1. The van der Waals surface area contributed by atoms with Crippen LogP contribution in [-0.2, 0) is 29.0 Å². The lowest BCUT2D eigenvalue weighted by Gasteiger charge is -2.29. The first-order chi connectivity index (χ1) is 16.1. The van der Waals surface area contributed by atoms with E-state index in [1.807, 2.05) is 41.3 Å². The molecule has 0 bridgehead atoms. The normalized spacial score (nSPS) is 12.8. The Bertz CT molecular complexity index is 1090. The van der Waals surface area contributed by atoms with Crippen molar-refractivity contribution in [3.05, 3.63) is 71.7 Å². The summed E-state index contributed by atoms with van der Waals surface area (Å²) in [5.74, 6) is 2.03. The Hall–Kier alpha value is -3.61. The average Bonchev–Trinajstić information content (AvgIpc) is 3.34. The highest BCUT2D eigenvalue weighted by Crippen LogP contribution is 2.23. The molecule has 0 aliphatic carbocycles. The highest BCUT2D eigenvalue weighted by molar-refractivity contribution is 5.77. The Labute approximate surface area is 193 Å². The van der Waals surface area contributed by atoms with Crippen molar-refractivity contribution in [3.8, 4) is 17.1 Å². The van der Waals surface area contributed by atoms with Gasteiger partial charge in [0.2, 0.25) is 11.8 Å². The van der Waals surface area contributed by atoms with Gasteiger partial charge in [0.15, 0.2) is 11.7 Å². The second-order valence-corrected chi connectivity index (χ2v) is 8.13. The maximum Gasteiger partial charge on any atom is 0.222 e. The van der Waals surface area contributed by atoms with Gasteiger partial charge < -0.3 is 19.4 Å². The summed E-state index contributed by atoms with van der Waals surface area (Å²) >= 11 is 0. The summed E-state index contributed by atoms with van der Waals surface area (Å²) in [7, 11) is 1.62. The molecule has 172 valence electrons. The lowest BCUT2D eigenvalue weighted by Crippen LogP contribution is -2.36. The van der Waals surface area contributed by atoms with Crippen LogP contribution in [0.1, 0.15) is 36.3 Å². The van der Waals surface area contributed by atoms with Gasteiger partial charge in [-0.25, -0.2) is 4.98 Å². The number of fused-ring (bicyclic) bond motifs is 1. The van der Waals surface area contributed by atoms with E-state index >= 15 is 0 Å². The van der Waals surface area contributed by atoms with Gasteiger partial charge in [0.1, 0.15) is 5.75 Å². The number of rotatable bonds is 9. The topological polar surface area (TPSA) is 84.7 Å². The molecular formula is C26H29N3O4. The van der Waals surface area contributed by atoms with Crippen molar-refractivity contribution in [1.82, 2.24) is 15.2 Å². The molecule has 3 aromatic rings. The van der Waals surface area contributed by atoms with Crippen LogP contribution in [0, 0.1) is 0 Å². The van der Waals surface area contributed by atoms with Gasteiger partial charge in [0.05, 0.1) is 13.3 Å². The first kappa shape index (κ1) is 22.6. The van der Waals surface area contributed by atoms with E-state index in [9.17, 15) is 9.59 Å². The number of benzene rings is 2. The minimum atomic E-state index is -0.0708. The SMILES string of the molecule is COc1ccc(-c2cnc(CCC(=O)NCCCC(=O)N3CCc4ccccc4C3)o2)cc1. The number of nitrogens with zero attached hydrogens (tertiary/aromatic N) is 2. The number of amides is 2. The van der Waals surface area contributed by atoms with Crippen molar-refractivity contribution < 1.29 is 18.7 Å². The predicted octanol–water partition coefficient (Wildman–Crippen LogP) is 3.76. The average molecular weight is 448 g/mol. The van der Waals surface area contributed by atoms with Crippen LogP contribution >= 0.6 is 0 Å². The summed E-state index contributed by atoms with van der Waals surface area (Å²) < 4.78 is 10.9. The Morgan fingerprint density at radius 1 is 1.09 bits per heavy atom. The van der Waals surface area contributed by atoms with Crippen molar-refractivity contribution >= 4 is 11.8 Å². The molecule has 1 aromatic heterocycles. The molecule has 7 heteroatoms. The van der Waals surface area contributed by atoms with Crippen molar-refractivity contribution in [1.29, 1.82) is 0 Å². The second-order valence-electron chi connectivity index (χ2n) is 8.13. The molecule has 1 aliphatic rings. The van der Waals surface area contributed by atoms with Gasteiger partial charge in [-0.1, -0.05) is 24.3 Å². The molecule has 1 N–H and O–H groups in total. The zero-order chi connectivity index (χ0) is 23.0. The molecule has 4 rings (SSSR count). The third-order valence-corrected chi connectivity index (χ3v) is 5.87. The maximum absolute atomic E-state index is 12.5. The zero-order valence-corrected chi connectivity index (χ0v) is 18.9. The first-order valence-electron chi connectivity index (χ1n) is 11.3. The van der Waals surface area contributed by atoms with Crippen LogP contribution in [0.4, 0.5) is 0 Å². The standard InChI is InChI=1S/C26H29N3O4/c1-32-22-10-8-20(9-11-22)23-17-28-25(33-23)13-12-24(30)27-15-4-7-26(31)29-16-14-19-5-2-3-6-21(19)18-29/h2-3,5-6,8-11,17H,4,7,12-16,18H2,1H3,(H,27,30). The number of ether oxygens (including phenoxy) is 1. The van der Waals surface area contributed by atoms with Gasteiger partial charge in [0, 0.05) is 44.5 Å². The van der Waals surface area contributed by atoms with Crippen LogP contribution in [0.15, 0.2) is 59.1 Å². The number of oxazole rings is 1. The zero-order valence-electron chi connectivity index (χ0n) is 18.9. The monoisotopic (exact) mass is 447 g/mol. The molecule has 0 radical (unpaired) electrons. The highest BCUT2D eigenvalue weighted by Gasteiger charge is 2.19. The van der Waals surface area contributed by atoms with Crippen molar-refractivity contribution in [2.75, 3.05) is 20.2 Å². The molecule has 2 amide bonds. The van der Waals surface area contributed by atoms with Gasteiger partial charge in [-0.15, -0.1) is 0 Å². The summed E-state index contributed by atoms with van der Waals surface area (Å²) in [6, 6.07) is 15.8. The van der Waals surface area contributed by atoms with E-state index in [1.54, 1.807) is 13.3 Å². The van der Waals surface area contributed by atoms with Gasteiger partial charge in [-0.3, -0.25) is 9.59 Å². The van der Waals surface area contributed by atoms with Crippen molar-refractivity contribution in [3.63, 3.8) is 0 Å². The minimum absolute atomic E-state index is 0.0708. The van der Waals surface area contributed by atoms with Gasteiger partial charge in [-0.2, -0.15) is 0 Å². The highest BCUT2D eigenvalue weighted by atomic mass is 16.5. The third-order valence-electron chi connectivity index (χ3n) is 5.87. The quantitative estimate of drug-likeness (QED) is 0.505. The van der Waals surface area contributed by atoms with E-state index in [1.165, 1.54) is 11.1 Å². The van der Waals surface area contributed by atoms with Crippen LogP contribution in [0.2, 0.25) is 0 Å². The number of carbonyl (C=O) groups excluding carboxylic acids is 2. The Morgan fingerprint density at radius 3 is 2.67 bits per heavy atom. The number of nitrogens with one attached hydrogen (secondary N) is 1. The smallest absolute Gasteiger partial charge is 0.222 e. The number of hydrogen-bond donors (Lipinski definition) is 1. The van der Waals surface area contributed by atoms with E-state index in [0.29, 0.717) is 50.4 Å². The molecule has 0 unspecified atom stereocenters. The summed E-state index contributed by atoms with van der Waals surface area (Å²) in [4.78, 5) is 30.8. The van der Waals surface area contributed by atoms with Gasteiger partial charge >= 0.3 is 0 Å². The lowest BCUT2D eigenvalue weighted by atomic mass is 9.99. The van der Waals surface area contributed by atoms with Gasteiger partial charge in [-0.05, 0) is 48.2 Å². The molecule has 0 saturated carbocycles. The fourth-order valence-electron chi connectivity index (χ4n) is 3.96. The number of hydrogen-bond acceptors (Lipinski definition) is 5. The van der Waals surface area contributed by atoms with Crippen molar-refractivity contribution in [2.45, 2.75) is 38.6 Å². The summed E-state index contributed by atoms with van der Waals surface area (Å²) in [5.41, 5.74) is 3.46. The van der Waals surface area contributed by atoms with E-state index in [4.69, 9.17) is 9.15 Å². The summed E-state index contributed by atoms with van der Waals surface area (Å²) in [6.07, 6.45) is 4.35. The molecule has 0 fully saturated rings. The fraction of sp³-hybridized carbons (Fsp3) is 0.346. The number of carbonyl (C=O) groups is 2. The molecule has 2 aromatic carbocycles. The Balaban J connectivity index is 1.14. The molecular weight excluding hydrogens is 418 g/mol. The molecule has 2 heterocycles. The van der Waals surface area contributed by atoms with Crippen LogP contribution in [0.25, 0.3) is 11.3 Å². The lowest BCUT2D eigenvalue weighted by molar-refractivity contribution is -0.132. The summed E-state index contributed by atoms with van der Waals surface area (Å²) in [6.45, 7) is 1.92. The fourth-order valence-corrected chi connectivity index (χ4v) is 3.96.